The van der Waals surface area contributed by atoms with E-state index in [9.17, 15) is 13.2 Å². The number of nitrogens with one attached hydrogen (secondary N) is 2. The Labute approximate surface area is 147 Å². The molecule has 2 aromatic carbocycles. The minimum Gasteiger partial charge on any atom is -0.355 e. The third kappa shape index (κ3) is 5.96. The van der Waals surface area contributed by atoms with Crippen molar-refractivity contribution in [3.63, 3.8) is 0 Å². The first-order chi connectivity index (χ1) is 11.5. The summed E-state index contributed by atoms with van der Waals surface area (Å²) in [6.45, 7) is 0.187. The summed E-state index contributed by atoms with van der Waals surface area (Å²) in [7, 11) is -3.75. The van der Waals surface area contributed by atoms with Gasteiger partial charge in [0.2, 0.25) is 15.9 Å². The predicted molar refractivity (Wildman–Crippen MR) is 94.4 cm³/mol. The second-order valence-corrected chi connectivity index (χ2v) is 7.42. The summed E-state index contributed by atoms with van der Waals surface area (Å²) in [6.07, 6.45) is 1.64. The Hall–Kier alpha value is -1.89. The average Bonchev–Trinajstić information content (AvgIpc) is 2.58. The van der Waals surface area contributed by atoms with Crippen molar-refractivity contribution >= 4 is 27.5 Å². The van der Waals surface area contributed by atoms with E-state index in [0.717, 1.165) is 12.8 Å². The lowest BCUT2D eigenvalue weighted by Crippen LogP contribution is -2.37. The molecule has 0 heterocycles. The van der Waals surface area contributed by atoms with E-state index >= 15 is 0 Å². The first-order valence-corrected chi connectivity index (χ1v) is 9.39. The number of carbonyl (C=O) groups excluding carboxylic acids is 1. The van der Waals surface area contributed by atoms with Gasteiger partial charge < -0.3 is 5.32 Å². The van der Waals surface area contributed by atoms with Crippen LogP contribution in [0.3, 0.4) is 0 Å². The monoisotopic (exact) mass is 366 g/mol. The van der Waals surface area contributed by atoms with Crippen LogP contribution in [0.2, 0.25) is 5.02 Å². The van der Waals surface area contributed by atoms with Gasteiger partial charge in [-0.2, -0.15) is 0 Å². The number of benzene rings is 2. The van der Waals surface area contributed by atoms with E-state index in [2.05, 4.69) is 10.0 Å². The van der Waals surface area contributed by atoms with Gasteiger partial charge in [-0.25, -0.2) is 13.1 Å². The van der Waals surface area contributed by atoms with Crippen molar-refractivity contribution in [1.82, 2.24) is 10.0 Å². The zero-order valence-electron chi connectivity index (χ0n) is 13.0. The molecule has 2 aromatic rings. The van der Waals surface area contributed by atoms with Crippen molar-refractivity contribution in [3.05, 3.63) is 65.2 Å². The second-order valence-electron chi connectivity index (χ2n) is 5.22. The molecule has 0 saturated carbocycles. The van der Waals surface area contributed by atoms with E-state index in [1.165, 1.54) is 17.7 Å². The Morgan fingerprint density at radius 3 is 2.50 bits per heavy atom. The van der Waals surface area contributed by atoms with Gasteiger partial charge in [0.1, 0.15) is 0 Å². The SMILES string of the molecule is O=C(CNS(=O)(=O)c1cccc(Cl)c1)NCCCc1ccccc1. The maximum atomic E-state index is 12.1. The Kier molecular flexibility index (Phi) is 6.78. The number of amides is 1. The van der Waals surface area contributed by atoms with E-state index in [-0.39, 0.29) is 17.3 Å². The average molecular weight is 367 g/mol. The molecule has 0 radical (unpaired) electrons. The predicted octanol–water partition coefficient (Wildman–Crippen LogP) is 2.37. The molecule has 2 N–H and O–H groups in total. The molecule has 1 amide bonds. The summed E-state index contributed by atoms with van der Waals surface area (Å²) in [5.74, 6) is -0.367. The number of hydrogen-bond acceptors (Lipinski definition) is 3. The Morgan fingerprint density at radius 2 is 1.79 bits per heavy atom. The van der Waals surface area contributed by atoms with Gasteiger partial charge in [-0.15, -0.1) is 0 Å². The van der Waals surface area contributed by atoms with Gasteiger partial charge >= 0.3 is 0 Å². The van der Waals surface area contributed by atoms with Crippen molar-refractivity contribution in [3.8, 4) is 0 Å². The van der Waals surface area contributed by atoms with E-state index in [4.69, 9.17) is 11.6 Å². The number of carbonyl (C=O) groups is 1. The first-order valence-electron chi connectivity index (χ1n) is 7.53. The van der Waals surface area contributed by atoms with Crippen LogP contribution in [-0.4, -0.2) is 27.4 Å². The number of sulfonamides is 1. The summed E-state index contributed by atoms with van der Waals surface area (Å²) in [5.41, 5.74) is 1.20. The lowest BCUT2D eigenvalue weighted by Gasteiger charge is -2.08. The number of aryl methyl sites for hydroxylation is 1. The van der Waals surface area contributed by atoms with Crippen molar-refractivity contribution in [2.45, 2.75) is 17.7 Å². The van der Waals surface area contributed by atoms with E-state index in [1.54, 1.807) is 12.1 Å². The molecule has 0 saturated heterocycles. The van der Waals surface area contributed by atoms with Gasteiger partial charge in [0.25, 0.3) is 0 Å². The first kappa shape index (κ1) is 18.4. The largest absolute Gasteiger partial charge is 0.355 e. The Bertz CT molecular complexity index is 779. The fourth-order valence-electron chi connectivity index (χ4n) is 2.11. The fraction of sp³-hybridized carbons (Fsp3) is 0.235. The molecule has 0 unspecified atom stereocenters. The molecule has 0 spiro atoms. The highest BCUT2D eigenvalue weighted by molar-refractivity contribution is 7.89. The van der Waals surface area contributed by atoms with Crippen molar-refractivity contribution in [2.24, 2.45) is 0 Å². The van der Waals surface area contributed by atoms with Gasteiger partial charge in [-0.3, -0.25) is 4.79 Å². The molecule has 24 heavy (non-hydrogen) atoms. The molecule has 5 nitrogen and oxygen atoms in total. The van der Waals surface area contributed by atoms with Crippen LogP contribution < -0.4 is 10.0 Å². The van der Waals surface area contributed by atoms with Crippen molar-refractivity contribution in [1.29, 1.82) is 0 Å². The zero-order valence-corrected chi connectivity index (χ0v) is 14.6. The van der Waals surface area contributed by atoms with Gasteiger partial charge in [0, 0.05) is 11.6 Å². The topological polar surface area (TPSA) is 75.3 Å². The van der Waals surface area contributed by atoms with Crippen LogP contribution >= 0.6 is 11.6 Å². The van der Waals surface area contributed by atoms with Crippen LogP contribution in [0.25, 0.3) is 0 Å². The van der Waals surface area contributed by atoms with Crippen LogP contribution in [0.1, 0.15) is 12.0 Å². The molecule has 0 aliphatic carbocycles. The minimum absolute atomic E-state index is 0.0341. The molecule has 7 heteroatoms. The standard InChI is InChI=1S/C17H19ClN2O3S/c18-15-9-4-10-16(12-15)24(22,23)20-13-17(21)19-11-5-8-14-6-2-1-3-7-14/h1-4,6-7,9-10,12,20H,5,8,11,13H2,(H,19,21). The molecule has 0 aromatic heterocycles. The lowest BCUT2D eigenvalue weighted by atomic mass is 10.1. The maximum absolute atomic E-state index is 12.1. The van der Waals surface area contributed by atoms with Crippen LogP contribution in [0, 0.1) is 0 Å². The van der Waals surface area contributed by atoms with Gasteiger partial charge in [-0.05, 0) is 36.6 Å². The van der Waals surface area contributed by atoms with Crippen LogP contribution in [0.4, 0.5) is 0 Å². The highest BCUT2D eigenvalue weighted by Gasteiger charge is 2.15. The molecular weight excluding hydrogens is 348 g/mol. The van der Waals surface area contributed by atoms with Crippen LogP contribution in [-0.2, 0) is 21.2 Å². The number of hydrogen-bond donors (Lipinski definition) is 2. The maximum Gasteiger partial charge on any atom is 0.241 e. The second kappa shape index (κ2) is 8.82. The van der Waals surface area contributed by atoms with Gasteiger partial charge in [0.05, 0.1) is 11.4 Å². The zero-order chi connectivity index (χ0) is 17.4. The fourth-order valence-corrected chi connectivity index (χ4v) is 3.39. The van der Waals surface area contributed by atoms with Crippen molar-refractivity contribution in [2.75, 3.05) is 13.1 Å². The van der Waals surface area contributed by atoms with E-state index in [0.29, 0.717) is 11.6 Å². The summed E-state index contributed by atoms with van der Waals surface area (Å²) in [6, 6.07) is 15.8. The Morgan fingerprint density at radius 1 is 1.04 bits per heavy atom. The minimum atomic E-state index is -3.75. The molecule has 128 valence electrons. The summed E-state index contributed by atoms with van der Waals surface area (Å²) >= 11 is 5.78. The smallest absolute Gasteiger partial charge is 0.241 e. The molecule has 0 aliphatic heterocycles. The number of halogens is 1. The third-order valence-corrected chi connectivity index (χ3v) is 4.97. The molecule has 2 rings (SSSR count). The molecule has 0 bridgehead atoms. The lowest BCUT2D eigenvalue weighted by molar-refractivity contribution is -0.119. The molecular formula is C17H19ClN2O3S. The Balaban J connectivity index is 1.73. The van der Waals surface area contributed by atoms with Crippen LogP contribution in [0.15, 0.2) is 59.5 Å². The molecule has 0 fully saturated rings. The number of rotatable bonds is 8. The molecule has 0 aliphatic rings. The van der Waals surface area contributed by atoms with Gasteiger partial charge in [0.15, 0.2) is 0 Å². The third-order valence-electron chi connectivity index (χ3n) is 3.34. The highest BCUT2D eigenvalue weighted by Crippen LogP contribution is 2.14. The van der Waals surface area contributed by atoms with E-state index in [1.807, 2.05) is 30.3 Å². The quantitative estimate of drug-likeness (QED) is 0.704. The summed E-state index contributed by atoms with van der Waals surface area (Å²) in [4.78, 5) is 11.8. The van der Waals surface area contributed by atoms with Gasteiger partial charge in [-0.1, -0.05) is 48.0 Å². The van der Waals surface area contributed by atoms with Crippen molar-refractivity contribution < 1.29 is 13.2 Å². The van der Waals surface area contributed by atoms with Crippen LogP contribution in [0.5, 0.6) is 0 Å². The summed E-state index contributed by atoms with van der Waals surface area (Å²) < 4.78 is 26.4. The highest BCUT2D eigenvalue weighted by atomic mass is 35.5. The summed E-state index contributed by atoms with van der Waals surface area (Å²) in [5, 5.41) is 3.02. The normalized spacial score (nSPS) is 11.2. The van der Waals surface area contributed by atoms with E-state index < -0.39 is 10.0 Å². The molecule has 0 atom stereocenters.